The molecule has 38 heavy (non-hydrogen) atoms. The lowest BCUT2D eigenvalue weighted by Crippen LogP contribution is -2.38. The fourth-order valence-electron chi connectivity index (χ4n) is 4.47. The number of amides is 1. The van der Waals surface area contributed by atoms with Crippen LogP contribution >= 0.6 is 34.7 Å². The lowest BCUT2D eigenvalue weighted by Gasteiger charge is -2.38. The highest BCUT2D eigenvalue weighted by atomic mass is 35.5. The van der Waals surface area contributed by atoms with E-state index in [1.165, 1.54) is 23.6 Å². The molecule has 9 nitrogen and oxygen atoms in total. The van der Waals surface area contributed by atoms with Gasteiger partial charge in [-0.15, -0.1) is 10.2 Å². The summed E-state index contributed by atoms with van der Waals surface area (Å²) in [4.78, 5) is 31.0. The van der Waals surface area contributed by atoms with Crippen LogP contribution < -0.4 is 16.0 Å². The molecule has 1 unspecified atom stereocenters. The van der Waals surface area contributed by atoms with Gasteiger partial charge in [-0.3, -0.25) is 14.5 Å². The number of hydrogen-bond acceptors (Lipinski definition) is 10. The molecule has 2 aromatic heterocycles. The number of thioether (sulfide) groups is 1. The first-order valence-corrected chi connectivity index (χ1v) is 13.6. The molecule has 0 spiro atoms. The summed E-state index contributed by atoms with van der Waals surface area (Å²) in [6.45, 7) is 0. The van der Waals surface area contributed by atoms with Gasteiger partial charge in [0.1, 0.15) is 11.6 Å². The summed E-state index contributed by atoms with van der Waals surface area (Å²) in [5.41, 5.74) is 8.13. The SMILES string of the molecule is N#CC1=C(N)N(c2nnc(SCC(=O)Nc3cccnc3Cl)s2)C2=C(C(=O)CCC2)C1c1ccccc1F. The maximum absolute atomic E-state index is 14.8. The number of hydrogen-bond donors (Lipinski definition) is 2. The van der Waals surface area contributed by atoms with E-state index in [1.807, 2.05) is 0 Å². The molecule has 0 saturated heterocycles. The largest absolute Gasteiger partial charge is 0.384 e. The number of anilines is 2. The molecular formula is C25H19ClFN7O2S2. The van der Waals surface area contributed by atoms with Crippen LogP contribution in [0.5, 0.6) is 0 Å². The molecule has 1 atom stereocenters. The van der Waals surface area contributed by atoms with Gasteiger partial charge in [0, 0.05) is 29.5 Å². The van der Waals surface area contributed by atoms with Gasteiger partial charge >= 0.3 is 0 Å². The van der Waals surface area contributed by atoms with E-state index < -0.39 is 11.7 Å². The van der Waals surface area contributed by atoms with Gasteiger partial charge in [0.25, 0.3) is 0 Å². The number of ketones is 1. The molecule has 1 aliphatic heterocycles. The Morgan fingerprint density at radius 2 is 2.11 bits per heavy atom. The lowest BCUT2D eigenvalue weighted by atomic mass is 9.75. The number of aromatic nitrogens is 3. The summed E-state index contributed by atoms with van der Waals surface area (Å²) < 4.78 is 15.3. The number of pyridine rings is 1. The van der Waals surface area contributed by atoms with Crippen LogP contribution in [0.1, 0.15) is 30.7 Å². The van der Waals surface area contributed by atoms with E-state index in [-0.39, 0.29) is 39.6 Å². The number of nitriles is 1. The van der Waals surface area contributed by atoms with Crippen molar-refractivity contribution in [3.8, 4) is 6.07 Å². The van der Waals surface area contributed by atoms with Gasteiger partial charge in [-0.25, -0.2) is 9.37 Å². The molecule has 0 bridgehead atoms. The Morgan fingerprint density at radius 1 is 1.29 bits per heavy atom. The van der Waals surface area contributed by atoms with Gasteiger partial charge in [-0.05, 0) is 31.0 Å². The standard InChI is InChI=1S/C25H19ClFN7O2S2/c26-22-16(7-4-10-30-22)31-19(36)12-37-25-33-32-24(38-25)34-17-8-3-9-18(35)21(17)20(14(11-28)23(34)29)13-5-1-2-6-15(13)27/h1-2,4-7,10,20H,3,8-9,12,29H2,(H,31,36). The van der Waals surface area contributed by atoms with E-state index in [2.05, 4.69) is 26.6 Å². The predicted molar refractivity (Wildman–Crippen MR) is 143 cm³/mol. The molecule has 3 aromatic rings. The number of carbonyl (C=O) groups excluding carboxylic acids is 2. The molecule has 3 heterocycles. The number of nitrogens with two attached hydrogens (primary N) is 1. The van der Waals surface area contributed by atoms with Crippen molar-refractivity contribution < 1.29 is 14.0 Å². The normalized spacial score (nSPS) is 17.3. The lowest BCUT2D eigenvalue weighted by molar-refractivity contribution is -0.116. The first kappa shape index (κ1) is 25.8. The minimum atomic E-state index is -0.898. The van der Waals surface area contributed by atoms with Gasteiger partial charge in [0.2, 0.25) is 11.0 Å². The Morgan fingerprint density at radius 3 is 2.87 bits per heavy atom. The van der Waals surface area contributed by atoms with Crippen molar-refractivity contribution in [2.75, 3.05) is 16.0 Å². The second kappa shape index (κ2) is 10.9. The molecule has 1 amide bonds. The molecule has 1 aliphatic carbocycles. The van der Waals surface area contributed by atoms with E-state index in [4.69, 9.17) is 17.3 Å². The van der Waals surface area contributed by atoms with Crippen LogP contribution in [0, 0.1) is 17.1 Å². The highest BCUT2D eigenvalue weighted by Gasteiger charge is 2.42. The number of Topliss-reactive ketones (excluding diaryl/α,β-unsaturated/α-hetero) is 1. The van der Waals surface area contributed by atoms with Gasteiger partial charge in [0.15, 0.2) is 15.3 Å². The monoisotopic (exact) mass is 567 g/mol. The summed E-state index contributed by atoms with van der Waals surface area (Å²) in [7, 11) is 0. The summed E-state index contributed by atoms with van der Waals surface area (Å²) in [5.74, 6) is -1.76. The zero-order valence-electron chi connectivity index (χ0n) is 19.6. The molecule has 0 saturated carbocycles. The Kier molecular flexibility index (Phi) is 7.42. The molecule has 5 rings (SSSR count). The maximum Gasteiger partial charge on any atom is 0.234 e. The van der Waals surface area contributed by atoms with E-state index in [1.54, 1.807) is 35.2 Å². The second-order valence-electron chi connectivity index (χ2n) is 8.37. The highest BCUT2D eigenvalue weighted by Crippen LogP contribution is 2.47. The Labute approximate surface area is 230 Å². The smallest absolute Gasteiger partial charge is 0.234 e. The zero-order valence-corrected chi connectivity index (χ0v) is 22.0. The van der Waals surface area contributed by atoms with Crippen LogP contribution in [0.15, 0.2) is 69.6 Å². The van der Waals surface area contributed by atoms with E-state index in [0.717, 1.165) is 11.8 Å². The minimum Gasteiger partial charge on any atom is -0.384 e. The van der Waals surface area contributed by atoms with Crippen molar-refractivity contribution in [3.63, 3.8) is 0 Å². The summed E-state index contributed by atoms with van der Waals surface area (Å²) in [6, 6.07) is 11.5. The molecule has 2 aliphatic rings. The molecule has 3 N–H and O–H groups in total. The third kappa shape index (κ3) is 4.88. The molecule has 192 valence electrons. The first-order chi connectivity index (χ1) is 18.4. The first-order valence-electron chi connectivity index (χ1n) is 11.5. The van der Waals surface area contributed by atoms with Gasteiger partial charge < -0.3 is 11.1 Å². The summed E-state index contributed by atoms with van der Waals surface area (Å²) >= 11 is 8.32. The average Bonchev–Trinajstić information content (AvgIpc) is 3.37. The Hall–Kier alpha value is -3.79. The van der Waals surface area contributed by atoms with Crippen LogP contribution in [-0.4, -0.2) is 32.6 Å². The fourth-order valence-corrected chi connectivity index (χ4v) is 6.32. The number of halogens is 2. The Balaban J connectivity index is 1.44. The zero-order chi connectivity index (χ0) is 26.8. The van der Waals surface area contributed by atoms with Crippen LogP contribution in [0.4, 0.5) is 15.2 Å². The molecule has 1 aromatic carbocycles. The van der Waals surface area contributed by atoms with Crippen LogP contribution in [0.2, 0.25) is 5.15 Å². The third-order valence-corrected chi connectivity index (χ3v) is 8.42. The number of allylic oxidation sites excluding steroid dienone is 3. The van der Waals surface area contributed by atoms with Crippen molar-refractivity contribution in [1.82, 2.24) is 15.2 Å². The van der Waals surface area contributed by atoms with E-state index in [0.29, 0.717) is 45.7 Å². The van der Waals surface area contributed by atoms with Crippen molar-refractivity contribution in [2.45, 2.75) is 29.5 Å². The van der Waals surface area contributed by atoms with Crippen LogP contribution in [-0.2, 0) is 9.59 Å². The Bertz CT molecular complexity index is 1550. The summed E-state index contributed by atoms with van der Waals surface area (Å²) in [6.07, 6.45) is 2.91. The van der Waals surface area contributed by atoms with E-state index in [9.17, 15) is 19.2 Å². The second-order valence-corrected chi connectivity index (χ2v) is 10.9. The third-order valence-electron chi connectivity index (χ3n) is 6.08. The average molecular weight is 568 g/mol. The van der Waals surface area contributed by atoms with Crippen molar-refractivity contribution >= 4 is 57.2 Å². The topological polar surface area (TPSA) is 138 Å². The quantitative estimate of drug-likeness (QED) is 0.319. The van der Waals surface area contributed by atoms with Crippen LogP contribution in [0.3, 0.4) is 0 Å². The number of carbonyl (C=O) groups is 2. The van der Waals surface area contributed by atoms with Crippen LogP contribution in [0.25, 0.3) is 0 Å². The van der Waals surface area contributed by atoms with Gasteiger partial charge in [0.05, 0.1) is 29.0 Å². The predicted octanol–water partition coefficient (Wildman–Crippen LogP) is 4.76. The number of benzene rings is 1. The number of nitrogens with zero attached hydrogens (tertiary/aromatic N) is 5. The minimum absolute atomic E-state index is 0.0381. The van der Waals surface area contributed by atoms with Gasteiger partial charge in [-0.2, -0.15) is 5.26 Å². The van der Waals surface area contributed by atoms with E-state index >= 15 is 0 Å². The van der Waals surface area contributed by atoms with Crippen molar-refractivity contribution in [3.05, 3.63) is 81.8 Å². The molecule has 0 fully saturated rings. The maximum atomic E-state index is 14.8. The highest BCUT2D eigenvalue weighted by molar-refractivity contribution is 8.01. The summed E-state index contributed by atoms with van der Waals surface area (Å²) in [5, 5.41) is 21.7. The fraction of sp³-hybridized carbons (Fsp3) is 0.200. The molecule has 0 radical (unpaired) electrons. The van der Waals surface area contributed by atoms with Crippen molar-refractivity contribution in [2.24, 2.45) is 5.73 Å². The van der Waals surface area contributed by atoms with Crippen molar-refractivity contribution in [1.29, 1.82) is 5.26 Å². The van der Waals surface area contributed by atoms with Gasteiger partial charge in [-0.1, -0.05) is 52.9 Å². The molecule has 13 heteroatoms. The number of nitrogens with one attached hydrogen (secondary N) is 1. The molecular weight excluding hydrogens is 549 g/mol. The number of rotatable bonds is 6.